The first-order valence-electron chi connectivity index (χ1n) is 8.08. The number of hydrogen-bond acceptors (Lipinski definition) is 4. The summed E-state index contributed by atoms with van der Waals surface area (Å²) in [5.74, 6) is -1.24. The molecule has 6 nitrogen and oxygen atoms in total. The molecule has 1 amide bonds. The summed E-state index contributed by atoms with van der Waals surface area (Å²) in [5, 5.41) is 3.85. The third kappa shape index (κ3) is 4.64. The van der Waals surface area contributed by atoms with Crippen LogP contribution >= 0.6 is 0 Å². The number of carbonyl (C=O) groups excluding carboxylic acids is 1. The van der Waals surface area contributed by atoms with Gasteiger partial charge in [0.15, 0.2) is 5.82 Å². The van der Waals surface area contributed by atoms with Crippen molar-refractivity contribution in [1.29, 1.82) is 0 Å². The fourth-order valence-corrected chi connectivity index (χ4v) is 2.50. The lowest BCUT2D eigenvalue weighted by atomic mass is 10.0. The molecule has 0 bridgehead atoms. The molecule has 0 fully saturated rings. The van der Waals surface area contributed by atoms with Crippen molar-refractivity contribution in [3.8, 4) is 11.4 Å². The van der Waals surface area contributed by atoms with Crippen LogP contribution in [0.25, 0.3) is 23.2 Å². The number of halogens is 6. The highest BCUT2D eigenvalue weighted by Crippen LogP contribution is 2.38. The highest BCUT2D eigenvalue weighted by molar-refractivity contribution is 6.22. The van der Waals surface area contributed by atoms with Crippen LogP contribution in [0.5, 0.6) is 0 Å². The lowest BCUT2D eigenvalue weighted by Gasteiger charge is -2.13. The van der Waals surface area contributed by atoms with Crippen LogP contribution in [-0.4, -0.2) is 25.7 Å². The van der Waals surface area contributed by atoms with Crippen LogP contribution in [0.15, 0.2) is 49.1 Å². The largest absolute Gasteiger partial charge is 0.416 e. The predicted molar refractivity (Wildman–Crippen MR) is 93.1 cm³/mol. The number of benzene rings is 1. The normalized spacial score (nSPS) is 12.8. The molecule has 2 heterocycles. The first-order valence-corrected chi connectivity index (χ1v) is 8.08. The number of carbonyl (C=O) groups is 1. The third-order valence-corrected chi connectivity index (χ3v) is 3.87. The van der Waals surface area contributed by atoms with E-state index < -0.39 is 40.8 Å². The van der Waals surface area contributed by atoms with Gasteiger partial charge in [0.2, 0.25) is 0 Å². The van der Waals surface area contributed by atoms with Crippen molar-refractivity contribution < 1.29 is 31.1 Å². The number of pyridine rings is 1. The SMILES string of the molecule is NC(=O)C(=Cn1cnc(-c2cc(C(F)(F)F)cc(C(F)(F)F)c2)n1)c1ccncc1. The van der Waals surface area contributed by atoms with Crippen LogP contribution in [0.4, 0.5) is 26.3 Å². The number of primary amides is 1. The Kier molecular flexibility index (Phi) is 5.33. The molecule has 0 spiro atoms. The maximum atomic E-state index is 13.0. The Morgan fingerprint density at radius 3 is 2.03 bits per heavy atom. The van der Waals surface area contributed by atoms with Crippen LogP contribution in [0.2, 0.25) is 0 Å². The topological polar surface area (TPSA) is 86.7 Å². The molecule has 0 saturated carbocycles. The Bertz CT molecular complexity index is 1070. The second-order valence-electron chi connectivity index (χ2n) is 5.99. The van der Waals surface area contributed by atoms with Crippen molar-refractivity contribution in [3.63, 3.8) is 0 Å². The fraction of sp³-hybridized carbons (Fsp3) is 0.111. The van der Waals surface area contributed by atoms with Gasteiger partial charge in [0.05, 0.1) is 16.7 Å². The average molecular weight is 427 g/mol. The van der Waals surface area contributed by atoms with Gasteiger partial charge >= 0.3 is 12.4 Å². The predicted octanol–water partition coefficient (Wildman–Crippen LogP) is 3.86. The summed E-state index contributed by atoms with van der Waals surface area (Å²) < 4.78 is 79.1. The monoisotopic (exact) mass is 427 g/mol. The maximum Gasteiger partial charge on any atom is 0.416 e. The number of hydrogen-bond donors (Lipinski definition) is 1. The van der Waals surface area contributed by atoms with E-state index in [1.807, 2.05) is 0 Å². The van der Waals surface area contributed by atoms with E-state index in [0.29, 0.717) is 17.7 Å². The van der Waals surface area contributed by atoms with Crippen LogP contribution in [0.3, 0.4) is 0 Å². The van der Waals surface area contributed by atoms with E-state index in [9.17, 15) is 31.1 Å². The van der Waals surface area contributed by atoms with Gasteiger partial charge < -0.3 is 5.73 Å². The first kappa shape index (κ1) is 21.0. The summed E-state index contributed by atoms with van der Waals surface area (Å²) in [4.78, 5) is 19.3. The Balaban J connectivity index is 2.06. The minimum atomic E-state index is -5.00. The van der Waals surface area contributed by atoms with Crippen LogP contribution < -0.4 is 5.73 Å². The summed E-state index contributed by atoms with van der Waals surface area (Å²) in [7, 11) is 0. The first-order chi connectivity index (χ1) is 13.9. The molecule has 3 rings (SSSR count). The van der Waals surface area contributed by atoms with E-state index in [1.54, 1.807) is 0 Å². The van der Waals surface area contributed by atoms with Crippen molar-refractivity contribution in [2.24, 2.45) is 5.73 Å². The second-order valence-corrected chi connectivity index (χ2v) is 5.99. The van der Waals surface area contributed by atoms with Crippen molar-refractivity contribution in [3.05, 3.63) is 65.7 Å². The summed E-state index contributed by atoms with van der Waals surface area (Å²) in [5.41, 5.74) is 2.22. The van der Waals surface area contributed by atoms with Crippen molar-refractivity contribution in [1.82, 2.24) is 19.7 Å². The summed E-state index contributed by atoms with van der Waals surface area (Å²) in [6, 6.07) is 4.00. The van der Waals surface area contributed by atoms with E-state index in [1.165, 1.54) is 24.5 Å². The van der Waals surface area contributed by atoms with E-state index in [2.05, 4.69) is 15.1 Å². The number of nitrogens with two attached hydrogens (primary N) is 1. The zero-order valence-electron chi connectivity index (χ0n) is 14.7. The van der Waals surface area contributed by atoms with Gasteiger partial charge in [-0.25, -0.2) is 9.67 Å². The summed E-state index contributed by atoms with van der Waals surface area (Å²) >= 11 is 0. The van der Waals surface area contributed by atoms with Crippen molar-refractivity contribution in [2.45, 2.75) is 12.4 Å². The molecule has 3 aromatic rings. The Labute approximate surface area is 164 Å². The molecule has 2 aromatic heterocycles. The van der Waals surface area contributed by atoms with Gasteiger partial charge in [-0.1, -0.05) is 0 Å². The standard InChI is InChI=1S/C18H11F6N5O/c19-17(20,21)12-5-11(6-13(7-12)18(22,23)24)16-27-9-29(28-16)8-14(15(25)30)10-1-3-26-4-2-10/h1-9H,(H2,25,30). The minimum Gasteiger partial charge on any atom is -0.366 e. The molecule has 0 atom stereocenters. The molecule has 0 radical (unpaired) electrons. The summed E-state index contributed by atoms with van der Waals surface area (Å²) in [6.45, 7) is 0. The molecule has 30 heavy (non-hydrogen) atoms. The zero-order valence-corrected chi connectivity index (χ0v) is 14.7. The number of rotatable bonds is 4. The molecule has 0 saturated heterocycles. The van der Waals surface area contributed by atoms with Gasteiger partial charge in [0.25, 0.3) is 5.91 Å². The van der Waals surface area contributed by atoms with Crippen LogP contribution in [0.1, 0.15) is 16.7 Å². The van der Waals surface area contributed by atoms with Crippen LogP contribution in [0, 0.1) is 0 Å². The fourth-order valence-electron chi connectivity index (χ4n) is 2.50. The smallest absolute Gasteiger partial charge is 0.366 e. The number of nitrogens with zero attached hydrogens (tertiary/aromatic N) is 4. The highest BCUT2D eigenvalue weighted by Gasteiger charge is 2.37. The molecule has 2 N–H and O–H groups in total. The molecule has 1 aromatic carbocycles. The molecule has 156 valence electrons. The third-order valence-electron chi connectivity index (χ3n) is 3.87. The van der Waals surface area contributed by atoms with E-state index in [0.717, 1.165) is 17.2 Å². The Morgan fingerprint density at radius 2 is 1.53 bits per heavy atom. The molecule has 0 aliphatic carbocycles. The lowest BCUT2D eigenvalue weighted by molar-refractivity contribution is -0.143. The Hall–Kier alpha value is -3.70. The van der Waals surface area contributed by atoms with E-state index in [-0.39, 0.29) is 11.6 Å². The number of alkyl halides is 6. The minimum absolute atomic E-state index is 0.00896. The van der Waals surface area contributed by atoms with E-state index >= 15 is 0 Å². The quantitative estimate of drug-likeness (QED) is 0.506. The van der Waals surface area contributed by atoms with Gasteiger partial charge in [-0.05, 0) is 35.9 Å². The molecule has 0 unspecified atom stereocenters. The zero-order chi connectivity index (χ0) is 22.1. The Morgan fingerprint density at radius 1 is 0.967 bits per heavy atom. The summed E-state index contributed by atoms with van der Waals surface area (Å²) in [6.07, 6.45) is -5.03. The average Bonchev–Trinajstić information content (AvgIpc) is 3.13. The molecule has 0 aliphatic rings. The molecular formula is C18H11F6N5O. The van der Waals surface area contributed by atoms with Gasteiger partial charge in [-0.3, -0.25) is 9.78 Å². The van der Waals surface area contributed by atoms with E-state index in [4.69, 9.17) is 5.73 Å². The van der Waals surface area contributed by atoms with Gasteiger partial charge in [0, 0.05) is 24.2 Å². The van der Waals surface area contributed by atoms with Crippen molar-refractivity contribution in [2.75, 3.05) is 0 Å². The second kappa shape index (κ2) is 7.61. The molecule has 12 heteroatoms. The molecular weight excluding hydrogens is 416 g/mol. The van der Waals surface area contributed by atoms with Crippen LogP contribution in [-0.2, 0) is 17.1 Å². The highest BCUT2D eigenvalue weighted by atomic mass is 19.4. The molecule has 0 aliphatic heterocycles. The van der Waals surface area contributed by atoms with Gasteiger partial charge in [-0.2, -0.15) is 26.3 Å². The van der Waals surface area contributed by atoms with Gasteiger partial charge in [0.1, 0.15) is 6.33 Å². The number of amides is 1. The lowest BCUT2D eigenvalue weighted by Crippen LogP contribution is -2.13. The van der Waals surface area contributed by atoms with Gasteiger partial charge in [-0.15, -0.1) is 5.10 Å². The number of aromatic nitrogens is 4. The maximum absolute atomic E-state index is 13.0. The van der Waals surface area contributed by atoms with Crippen molar-refractivity contribution >= 4 is 17.7 Å².